The molecular formula is C21H19BrN6O6. The Kier molecular flexibility index (Phi) is 8.84. The topological polar surface area (TPSA) is 158 Å². The van der Waals surface area contributed by atoms with Gasteiger partial charge < -0.3 is 17.0 Å². The minimum absolute atomic E-state index is 0. The summed E-state index contributed by atoms with van der Waals surface area (Å²) in [7, 11) is 0. The summed E-state index contributed by atoms with van der Waals surface area (Å²) >= 11 is 0. The van der Waals surface area contributed by atoms with E-state index in [0.717, 1.165) is 24.1 Å². The summed E-state index contributed by atoms with van der Waals surface area (Å²) in [6.07, 6.45) is 4.58. The SMILES string of the molecule is CCc1cc[n+](C/C(=N\Nc2ccc([N+](=O)[O-])cc2[N+](=O)[O-])c2ccc([N+](=O)[O-])cc2)cc1.[Br-]. The zero-order valence-electron chi connectivity index (χ0n) is 17.8. The summed E-state index contributed by atoms with van der Waals surface area (Å²) in [5, 5.41) is 37.6. The molecule has 3 rings (SSSR count). The van der Waals surface area contributed by atoms with Crippen molar-refractivity contribution in [1.29, 1.82) is 0 Å². The van der Waals surface area contributed by atoms with Crippen LogP contribution in [0.4, 0.5) is 22.7 Å². The molecule has 1 aromatic heterocycles. The van der Waals surface area contributed by atoms with E-state index in [1.54, 1.807) is 0 Å². The molecule has 0 radical (unpaired) electrons. The number of hydrazone groups is 1. The first-order chi connectivity index (χ1) is 15.8. The Morgan fingerprint density at radius 2 is 1.47 bits per heavy atom. The average molecular weight is 531 g/mol. The van der Waals surface area contributed by atoms with E-state index >= 15 is 0 Å². The van der Waals surface area contributed by atoms with Gasteiger partial charge in [-0.1, -0.05) is 6.92 Å². The van der Waals surface area contributed by atoms with Crippen LogP contribution in [-0.2, 0) is 13.0 Å². The van der Waals surface area contributed by atoms with E-state index in [4.69, 9.17) is 0 Å². The zero-order valence-corrected chi connectivity index (χ0v) is 19.4. The number of hydrogen-bond acceptors (Lipinski definition) is 8. The molecule has 0 unspecified atom stereocenters. The molecular weight excluding hydrogens is 512 g/mol. The number of nitrogens with one attached hydrogen (secondary N) is 1. The van der Waals surface area contributed by atoms with E-state index in [1.807, 2.05) is 36.0 Å². The third-order valence-electron chi connectivity index (χ3n) is 4.81. The molecule has 0 fully saturated rings. The second-order valence-electron chi connectivity index (χ2n) is 6.92. The van der Waals surface area contributed by atoms with E-state index in [9.17, 15) is 30.3 Å². The van der Waals surface area contributed by atoms with Gasteiger partial charge in [0.25, 0.3) is 11.4 Å². The van der Waals surface area contributed by atoms with E-state index in [1.165, 1.54) is 30.3 Å². The molecule has 3 aromatic rings. The Balaban J connectivity index is 0.00000408. The fourth-order valence-electron chi connectivity index (χ4n) is 2.98. The van der Waals surface area contributed by atoms with Crippen LogP contribution in [0.1, 0.15) is 18.1 Å². The normalized spacial score (nSPS) is 10.8. The van der Waals surface area contributed by atoms with Crippen LogP contribution >= 0.6 is 0 Å². The van der Waals surface area contributed by atoms with Gasteiger partial charge in [-0.3, -0.25) is 35.8 Å². The highest BCUT2D eigenvalue weighted by Gasteiger charge is 2.20. The van der Waals surface area contributed by atoms with Crippen molar-refractivity contribution in [3.05, 3.63) is 108 Å². The summed E-state index contributed by atoms with van der Waals surface area (Å²) in [5.41, 5.74) is 3.71. The fourth-order valence-corrected chi connectivity index (χ4v) is 2.98. The Hall–Kier alpha value is -4.26. The molecule has 0 saturated carbocycles. The molecule has 13 heteroatoms. The Morgan fingerprint density at radius 1 is 0.882 bits per heavy atom. The lowest BCUT2D eigenvalue weighted by Crippen LogP contribution is -3.00. The number of non-ortho nitro benzene ring substituents is 2. The highest BCUT2D eigenvalue weighted by atomic mass is 79.9. The highest BCUT2D eigenvalue weighted by Crippen LogP contribution is 2.29. The summed E-state index contributed by atoms with van der Waals surface area (Å²) in [5.74, 6) is 0. The third-order valence-corrected chi connectivity index (χ3v) is 4.81. The number of nitro benzene ring substituents is 3. The molecule has 0 aliphatic heterocycles. The molecule has 0 aliphatic rings. The van der Waals surface area contributed by atoms with Crippen molar-refractivity contribution in [3.63, 3.8) is 0 Å². The molecule has 176 valence electrons. The number of pyridine rings is 1. The second kappa shape index (κ2) is 11.6. The van der Waals surface area contributed by atoms with Crippen molar-refractivity contribution < 1.29 is 36.3 Å². The van der Waals surface area contributed by atoms with Gasteiger partial charge in [-0.15, -0.1) is 0 Å². The molecule has 0 amide bonds. The third kappa shape index (κ3) is 6.38. The predicted molar refractivity (Wildman–Crippen MR) is 119 cm³/mol. The van der Waals surface area contributed by atoms with Crippen molar-refractivity contribution in [2.75, 3.05) is 5.43 Å². The number of nitrogens with zero attached hydrogens (tertiary/aromatic N) is 5. The fraction of sp³-hybridized carbons (Fsp3) is 0.143. The number of rotatable bonds is 9. The van der Waals surface area contributed by atoms with Crippen LogP contribution in [0, 0.1) is 30.3 Å². The molecule has 0 spiro atoms. The van der Waals surface area contributed by atoms with Gasteiger partial charge in [0.15, 0.2) is 18.9 Å². The van der Waals surface area contributed by atoms with Crippen LogP contribution < -0.4 is 27.0 Å². The quantitative estimate of drug-likeness (QED) is 0.185. The van der Waals surface area contributed by atoms with Crippen LogP contribution in [0.2, 0.25) is 0 Å². The van der Waals surface area contributed by atoms with Crippen LogP contribution in [0.25, 0.3) is 0 Å². The van der Waals surface area contributed by atoms with E-state index in [2.05, 4.69) is 10.5 Å². The molecule has 0 aliphatic carbocycles. The smallest absolute Gasteiger partial charge is 0.301 e. The van der Waals surface area contributed by atoms with Crippen molar-refractivity contribution in [3.8, 4) is 0 Å². The lowest BCUT2D eigenvalue weighted by atomic mass is 10.1. The molecule has 1 heterocycles. The van der Waals surface area contributed by atoms with Gasteiger partial charge >= 0.3 is 5.69 Å². The molecule has 0 atom stereocenters. The minimum Gasteiger partial charge on any atom is -1.00 e. The summed E-state index contributed by atoms with van der Waals surface area (Å²) in [6.45, 7) is 2.29. The van der Waals surface area contributed by atoms with Crippen molar-refractivity contribution in [1.82, 2.24) is 0 Å². The maximum absolute atomic E-state index is 11.4. The number of benzene rings is 2. The zero-order chi connectivity index (χ0) is 24.0. The number of hydrogen-bond donors (Lipinski definition) is 1. The number of aryl methyl sites for hydroxylation is 1. The Labute approximate surface area is 203 Å². The number of aromatic nitrogens is 1. The molecule has 2 aromatic carbocycles. The summed E-state index contributed by atoms with van der Waals surface area (Å²) < 4.78 is 1.84. The molecule has 1 N–H and O–H groups in total. The minimum atomic E-state index is -0.741. The summed E-state index contributed by atoms with van der Waals surface area (Å²) in [4.78, 5) is 31.3. The van der Waals surface area contributed by atoms with Crippen LogP contribution in [0.5, 0.6) is 0 Å². The van der Waals surface area contributed by atoms with Crippen LogP contribution in [0.15, 0.2) is 72.1 Å². The number of anilines is 1. The van der Waals surface area contributed by atoms with Crippen molar-refractivity contribution in [2.24, 2.45) is 5.10 Å². The van der Waals surface area contributed by atoms with Crippen LogP contribution in [0.3, 0.4) is 0 Å². The van der Waals surface area contributed by atoms with Gasteiger partial charge in [-0.05, 0) is 30.2 Å². The number of halogens is 1. The van der Waals surface area contributed by atoms with Crippen molar-refractivity contribution in [2.45, 2.75) is 19.9 Å². The first-order valence-electron chi connectivity index (χ1n) is 9.76. The van der Waals surface area contributed by atoms with Crippen molar-refractivity contribution >= 4 is 28.5 Å². The molecule has 0 saturated heterocycles. The van der Waals surface area contributed by atoms with Gasteiger partial charge in [0.05, 0.1) is 20.8 Å². The monoisotopic (exact) mass is 530 g/mol. The van der Waals surface area contributed by atoms with Gasteiger partial charge in [0, 0.05) is 35.9 Å². The highest BCUT2D eigenvalue weighted by molar-refractivity contribution is 6.00. The van der Waals surface area contributed by atoms with E-state index in [-0.39, 0.29) is 34.9 Å². The van der Waals surface area contributed by atoms with Gasteiger partial charge in [-0.25, -0.2) is 0 Å². The van der Waals surface area contributed by atoms with Gasteiger partial charge in [0.2, 0.25) is 0 Å². The van der Waals surface area contributed by atoms with Gasteiger partial charge in [-0.2, -0.15) is 9.67 Å². The lowest BCUT2D eigenvalue weighted by molar-refractivity contribution is -0.681. The largest absolute Gasteiger partial charge is 1.00 e. The maximum atomic E-state index is 11.4. The standard InChI is InChI=1S/C21H19N6O6.BrH/c1-2-15-9-11-24(12-10-15)14-20(16-3-5-17(6-4-16)25(28)29)23-22-19-8-7-18(26(30)31)13-21(19)27(32)33;/h3-13,22H,2,14H2,1H3;1H/q+1;/p-1/b23-20+;. The number of nitro groups is 3. The second-order valence-corrected chi connectivity index (χ2v) is 6.92. The lowest BCUT2D eigenvalue weighted by Gasteiger charge is -2.07. The first-order valence-corrected chi connectivity index (χ1v) is 9.76. The maximum Gasteiger partial charge on any atom is 0.301 e. The average Bonchev–Trinajstić information content (AvgIpc) is 2.82. The molecule has 0 bridgehead atoms. The van der Waals surface area contributed by atoms with E-state index in [0.29, 0.717) is 11.3 Å². The first kappa shape index (κ1) is 26.0. The predicted octanol–water partition coefficient (Wildman–Crippen LogP) is 0.781. The van der Waals surface area contributed by atoms with E-state index < -0.39 is 26.1 Å². The summed E-state index contributed by atoms with van der Waals surface area (Å²) in [6, 6.07) is 12.8. The Morgan fingerprint density at radius 3 is 2.00 bits per heavy atom. The van der Waals surface area contributed by atoms with Crippen LogP contribution in [-0.4, -0.2) is 20.5 Å². The molecule has 34 heavy (non-hydrogen) atoms. The van der Waals surface area contributed by atoms with Gasteiger partial charge in [0.1, 0.15) is 11.4 Å². The molecule has 12 nitrogen and oxygen atoms in total. The Bertz CT molecular complexity index is 1230.